The van der Waals surface area contributed by atoms with E-state index in [1.54, 1.807) is 6.92 Å². The lowest BCUT2D eigenvalue weighted by molar-refractivity contribution is 0.152. The van der Waals surface area contributed by atoms with Gasteiger partial charge in [-0.05, 0) is 30.0 Å². The maximum Gasteiger partial charge on any atom is 0.264 e. The first-order valence-corrected chi connectivity index (χ1v) is 4.41. The second-order valence-electron chi connectivity index (χ2n) is 3.35. The zero-order valence-corrected chi connectivity index (χ0v) is 7.97. The molecule has 0 aliphatic carbocycles. The number of hydrogen-bond donors (Lipinski definition) is 0. The van der Waals surface area contributed by atoms with Gasteiger partial charge in [0.2, 0.25) is 0 Å². The standard InChI is InChI=1S/C11H8F3N/c1-6-4-15-5-10-8(6)2-7(12)3-9(10)11(13)14/h2-5,11H,1H3. The molecule has 0 bridgehead atoms. The molecule has 1 nitrogen and oxygen atoms in total. The Morgan fingerprint density at radius 1 is 1.13 bits per heavy atom. The van der Waals surface area contributed by atoms with Gasteiger partial charge in [0.1, 0.15) is 5.82 Å². The Balaban J connectivity index is 2.86. The molecular formula is C11H8F3N. The Bertz CT molecular complexity index is 508. The second kappa shape index (κ2) is 3.53. The van der Waals surface area contributed by atoms with Gasteiger partial charge in [0, 0.05) is 23.3 Å². The molecule has 0 atom stereocenters. The Labute approximate surface area is 84.6 Å². The normalized spacial score (nSPS) is 11.3. The number of fused-ring (bicyclic) bond motifs is 1. The van der Waals surface area contributed by atoms with Crippen LogP contribution in [0.15, 0.2) is 24.5 Å². The van der Waals surface area contributed by atoms with Crippen LogP contribution in [-0.4, -0.2) is 4.98 Å². The molecular weight excluding hydrogens is 203 g/mol. The fourth-order valence-corrected chi connectivity index (χ4v) is 1.58. The monoisotopic (exact) mass is 211 g/mol. The number of nitrogens with zero attached hydrogens (tertiary/aromatic N) is 1. The van der Waals surface area contributed by atoms with Crippen LogP contribution in [0.25, 0.3) is 10.8 Å². The quantitative estimate of drug-likeness (QED) is 0.702. The minimum absolute atomic E-state index is 0.304. The summed E-state index contributed by atoms with van der Waals surface area (Å²) in [5.41, 5.74) is 0.384. The number of rotatable bonds is 1. The Morgan fingerprint density at radius 2 is 1.87 bits per heavy atom. The number of aromatic nitrogens is 1. The van der Waals surface area contributed by atoms with Crippen LogP contribution in [-0.2, 0) is 0 Å². The van der Waals surface area contributed by atoms with Gasteiger partial charge in [-0.1, -0.05) is 0 Å². The number of benzene rings is 1. The summed E-state index contributed by atoms with van der Waals surface area (Å²) in [6, 6.07) is 2.10. The third kappa shape index (κ3) is 1.67. The van der Waals surface area contributed by atoms with Crippen LogP contribution in [0.3, 0.4) is 0 Å². The lowest BCUT2D eigenvalue weighted by Crippen LogP contribution is -1.92. The number of alkyl halides is 2. The number of hydrogen-bond acceptors (Lipinski definition) is 1. The summed E-state index contributed by atoms with van der Waals surface area (Å²) in [4.78, 5) is 3.83. The molecule has 0 radical (unpaired) electrons. The summed E-state index contributed by atoms with van der Waals surface area (Å²) in [5.74, 6) is -0.646. The molecule has 1 aromatic carbocycles. The molecule has 0 aliphatic heterocycles. The first-order chi connectivity index (χ1) is 7.09. The zero-order chi connectivity index (χ0) is 11.0. The van der Waals surface area contributed by atoms with E-state index in [1.807, 2.05) is 0 Å². The molecule has 2 rings (SSSR count). The Hall–Kier alpha value is -1.58. The predicted octanol–water partition coefficient (Wildman–Crippen LogP) is 3.62. The van der Waals surface area contributed by atoms with E-state index in [9.17, 15) is 13.2 Å². The van der Waals surface area contributed by atoms with Crippen LogP contribution >= 0.6 is 0 Å². The highest BCUT2D eigenvalue weighted by molar-refractivity contribution is 5.87. The van der Waals surface area contributed by atoms with Gasteiger partial charge in [-0.2, -0.15) is 0 Å². The van der Waals surface area contributed by atoms with Crippen LogP contribution in [0.5, 0.6) is 0 Å². The smallest absolute Gasteiger partial charge is 0.264 e. The predicted molar refractivity (Wildman–Crippen MR) is 51.4 cm³/mol. The maximum absolute atomic E-state index is 13.1. The number of aryl methyl sites for hydroxylation is 1. The number of halogens is 3. The van der Waals surface area contributed by atoms with Crippen molar-refractivity contribution in [2.45, 2.75) is 13.3 Å². The van der Waals surface area contributed by atoms with Crippen molar-refractivity contribution in [1.29, 1.82) is 0 Å². The van der Waals surface area contributed by atoms with Crippen LogP contribution in [0.4, 0.5) is 13.2 Å². The molecule has 0 spiro atoms. The van der Waals surface area contributed by atoms with E-state index in [0.29, 0.717) is 16.3 Å². The van der Waals surface area contributed by atoms with E-state index in [2.05, 4.69) is 4.98 Å². The summed E-state index contributed by atoms with van der Waals surface area (Å²) in [6.45, 7) is 1.71. The second-order valence-corrected chi connectivity index (χ2v) is 3.35. The van der Waals surface area contributed by atoms with E-state index >= 15 is 0 Å². The van der Waals surface area contributed by atoms with Gasteiger partial charge in [-0.25, -0.2) is 13.2 Å². The molecule has 0 aliphatic rings. The van der Waals surface area contributed by atoms with Gasteiger partial charge in [0.05, 0.1) is 0 Å². The SMILES string of the molecule is Cc1cncc2c(C(F)F)cc(F)cc12. The molecule has 78 valence electrons. The third-order valence-electron chi connectivity index (χ3n) is 2.31. The molecule has 2 aromatic rings. The molecule has 0 fully saturated rings. The molecule has 1 heterocycles. The lowest BCUT2D eigenvalue weighted by atomic mass is 10.0. The fraction of sp³-hybridized carbons (Fsp3) is 0.182. The summed E-state index contributed by atoms with van der Waals surface area (Å²) >= 11 is 0. The zero-order valence-electron chi connectivity index (χ0n) is 7.97. The van der Waals surface area contributed by atoms with Crippen LogP contribution in [0.2, 0.25) is 0 Å². The van der Waals surface area contributed by atoms with Gasteiger partial charge in [-0.15, -0.1) is 0 Å². The van der Waals surface area contributed by atoms with E-state index in [4.69, 9.17) is 0 Å². The van der Waals surface area contributed by atoms with E-state index in [0.717, 1.165) is 6.07 Å². The van der Waals surface area contributed by atoms with Gasteiger partial charge in [0.15, 0.2) is 0 Å². The third-order valence-corrected chi connectivity index (χ3v) is 2.31. The summed E-state index contributed by atoms with van der Waals surface area (Å²) in [5, 5.41) is 0.798. The summed E-state index contributed by atoms with van der Waals surface area (Å²) in [7, 11) is 0. The molecule has 0 saturated heterocycles. The molecule has 0 unspecified atom stereocenters. The van der Waals surface area contributed by atoms with Crippen molar-refractivity contribution in [2.75, 3.05) is 0 Å². The highest BCUT2D eigenvalue weighted by Gasteiger charge is 2.14. The summed E-state index contributed by atoms with van der Waals surface area (Å²) in [6.07, 6.45) is 0.173. The molecule has 4 heteroatoms. The van der Waals surface area contributed by atoms with Crippen molar-refractivity contribution in [2.24, 2.45) is 0 Å². The van der Waals surface area contributed by atoms with Crippen molar-refractivity contribution in [3.8, 4) is 0 Å². The van der Waals surface area contributed by atoms with E-state index in [-0.39, 0.29) is 5.56 Å². The minimum atomic E-state index is -2.69. The minimum Gasteiger partial charge on any atom is -0.264 e. The Kier molecular flexibility index (Phi) is 2.34. The van der Waals surface area contributed by atoms with Gasteiger partial charge < -0.3 is 0 Å². The molecule has 15 heavy (non-hydrogen) atoms. The molecule has 0 N–H and O–H groups in total. The van der Waals surface area contributed by atoms with Crippen LogP contribution < -0.4 is 0 Å². The largest absolute Gasteiger partial charge is 0.264 e. The van der Waals surface area contributed by atoms with Crippen LogP contribution in [0, 0.1) is 12.7 Å². The van der Waals surface area contributed by atoms with Crippen molar-refractivity contribution >= 4 is 10.8 Å². The highest BCUT2D eigenvalue weighted by atomic mass is 19.3. The molecule has 1 aromatic heterocycles. The number of pyridine rings is 1. The Morgan fingerprint density at radius 3 is 2.53 bits per heavy atom. The topological polar surface area (TPSA) is 12.9 Å². The van der Waals surface area contributed by atoms with Crippen molar-refractivity contribution in [1.82, 2.24) is 4.98 Å². The first-order valence-electron chi connectivity index (χ1n) is 4.41. The van der Waals surface area contributed by atoms with Crippen LogP contribution in [0.1, 0.15) is 17.6 Å². The van der Waals surface area contributed by atoms with Crippen molar-refractivity contribution < 1.29 is 13.2 Å². The average Bonchev–Trinajstić information content (AvgIpc) is 2.18. The fourth-order valence-electron chi connectivity index (χ4n) is 1.58. The van der Waals surface area contributed by atoms with Gasteiger partial charge >= 0.3 is 0 Å². The van der Waals surface area contributed by atoms with Crippen molar-refractivity contribution in [3.05, 3.63) is 41.5 Å². The highest BCUT2D eigenvalue weighted by Crippen LogP contribution is 2.29. The molecule has 0 amide bonds. The van der Waals surface area contributed by atoms with Gasteiger partial charge in [-0.3, -0.25) is 4.98 Å². The van der Waals surface area contributed by atoms with E-state index in [1.165, 1.54) is 18.5 Å². The molecule has 0 saturated carbocycles. The van der Waals surface area contributed by atoms with Gasteiger partial charge in [0.25, 0.3) is 6.43 Å². The average molecular weight is 211 g/mol. The lowest BCUT2D eigenvalue weighted by Gasteiger charge is -2.07. The maximum atomic E-state index is 13.1. The van der Waals surface area contributed by atoms with E-state index < -0.39 is 12.2 Å². The first kappa shape index (κ1) is 9.96. The van der Waals surface area contributed by atoms with Crippen molar-refractivity contribution in [3.63, 3.8) is 0 Å². The summed E-state index contributed by atoms with van der Waals surface area (Å²) < 4.78 is 38.3.